The SMILES string of the molecule is O=CC1=C(OC(F)F)CC(Br)C=C1F. The van der Waals surface area contributed by atoms with E-state index < -0.39 is 22.8 Å². The molecule has 14 heavy (non-hydrogen) atoms. The Balaban J connectivity index is 2.95. The summed E-state index contributed by atoms with van der Waals surface area (Å²) < 4.78 is 40.8. The molecule has 0 spiro atoms. The van der Waals surface area contributed by atoms with Crippen LogP contribution in [0.4, 0.5) is 13.2 Å². The first-order valence-electron chi connectivity index (χ1n) is 3.69. The number of rotatable bonds is 3. The maximum absolute atomic E-state index is 13.0. The van der Waals surface area contributed by atoms with Gasteiger partial charge in [0, 0.05) is 11.2 Å². The van der Waals surface area contributed by atoms with Crippen LogP contribution in [0.1, 0.15) is 6.42 Å². The summed E-state index contributed by atoms with van der Waals surface area (Å²) in [6, 6.07) is 0. The van der Waals surface area contributed by atoms with E-state index >= 15 is 0 Å². The average Bonchev–Trinajstić information content (AvgIpc) is 2.01. The fourth-order valence-corrected chi connectivity index (χ4v) is 1.59. The number of hydrogen-bond donors (Lipinski definition) is 0. The molecule has 0 bridgehead atoms. The fourth-order valence-electron chi connectivity index (χ4n) is 1.07. The first-order chi connectivity index (χ1) is 6.54. The lowest BCUT2D eigenvalue weighted by atomic mass is 10.1. The summed E-state index contributed by atoms with van der Waals surface area (Å²) in [5.74, 6) is -1.17. The maximum atomic E-state index is 13.0. The van der Waals surface area contributed by atoms with Gasteiger partial charge in [0.25, 0.3) is 0 Å². The van der Waals surface area contributed by atoms with Gasteiger partial charge in [-0.05, 0) is 6.08 Å². The smallest absolute Gasteiger partial charge is 0.387 e. The zero-order valence-electron chi connectivity index (χ0n) is 6.84. The average molecular weight is 271 g/mol. The highest BCUT2D eigenvalue weighted by atomic mass is 79.9. The molecule has 0 aliphatic heterocycles. The highest BCUT2D eigenvalue weighted by Crippen LogP contribution is 2.30. The Hall–Kier alpha value is -0.780. The number of aldehydes is 1. The third-order valence-electron chi connectivity index (χ3n) is 1.61. The van der Waals surface area contributed by atoms with E-state index in [4.69, 9.17) is 0 Å². The van der Waals surface area contributed by atoms with Crippen LogP contribution in [-0.2, 0) is 9.53 Å². The fraction of sp³-hybridized carbons (Fsp3) is 0.375. The molecule has 1 unspecified atom stereocenters. The monoisotopic (exact) mass is 270 g/mol. The molecule has 1 rings (SSSR count). The van der Waals surface area contributed by atoms with Crippen LogP contribution in [0, 0.1) is 0 Å². The Morgan fingerprint density at radius 1 is 1.64 bits per heavy atom. The number of carbonyl (C=O) groups excluding carboxylic acids is 1. The van der Waals surface area contributed by atoms with Crippen LogP contribution in [0.2, 0.25) is 0 Å². The molecule has 0 fully saturated rings. The van der Waals surface area contributed by atoms with E-state index in [0.29, 0.717) is 0 Å². The van der Waals surface area contributed by atoms with Crippen molar-refractivity contribution in [1.82, 2.24) is 0 Å². The molecule has 0 radical (unpaired) electrons. The van der Waals surface area contributed by atoms with Crippen molar-refractivity contribution in [2.24, 2.45) is 0 Å². The van der Waals surface area contributed by atoms with Crippen LogP contribution in [0.3, 0.4) is 0 Å². The van der Waals surface area contributed by atoms with E-state index in [2.05, 4.69) is 20.7 Å². The molecule has 0 amide bonds. The summed E-state index contributed by atoms with van der Waals surface area (Å²) >= 11 is 3.02. The second-order valence-electron chi connectivity index (χ2n) is 2.57. The number of hydrogen-bond acceptors (Lipinski definition) is 2. The van der Waals surface area contributed by atoms with Crippen molar-refractivity contribution in [1.29, 1.82) is 0 Å². The Kier molecular flexibility index (Phi) is 3.74. The summed E-state index contributed by atoms with van der Waals surface area (Å²) in [5.41, 5.74) is -0.444. The number of halogens is 4. The summed E-state index contributed by atoms with van der Waals surface area (Å²) in [7, 11) is 0. The largest absolute Gasteiger partial charge is 0.438 e. The van der Waals surface area contributed by atoms with Crippen LogP contribution >= 0.6 is 15.9 Å². The van der Waals surface area contributed by atoms with Crippen molar-refractivity contribution in [3.63, 3.8) is 0 Å². The standard InChI is InChI=1S/C8H6BrF3O2/c9-4-1-6(10)5(3-13)7(2-4)14-8(11)12/h1,3-4,8H,2H2. The van der Waals surface area contributed by atoms with Gasteiger partial charge in [-0.25, -0.2) is 4.39 Å². The molecule has 0 heterocycles. The summed E-state index contributed by atoms with van der Waals surface area (Å²) in [6.07, 6.45) is 1.33. The molecule has 0 aromatic heterocycles. The van der Waals surface area contributed by atoms with Crippen molar-refractivity contribution in [3.05, 3.63) is 23.2 Å². The van der Waals surface area contributed by atoms with Gasteiger partial charge in [-0.1, -0.05) is 15.9 Å². The van der Waals surface area contributed by atoms with Crippen molar-refractivity contribution in [2.45, 2.75) is 17.9 Å². The second kappa shape index (κ2) is 4.63. The summed E-state index contributed by atoms with van der Waals surface area (Å²) in [4.78, 5) is 9.96. The van der Waals surface area contributed by atoms with Crippen LogP contribution < -0.4 is 0 Å². The van der Waals surface area contributed by atoms with Crippen LogP contribution in [0.5, 0.6) is 0 Å². The highest BCUT2D eigenvalue weighted by Gasteiger charge is 2.24. The third-order valence-corrected chi connectivity index (χ3v) is 2.20. The zero-order valence-corrected chi connectivity index (χ0v) is 8.43. The molecule has 1 aliphatic rings. The van der Waals surface area contributed by atoms with Gasteiger partial charge >= 0.3 is 6.61 Å². The number of ether oxygens (including phenoxy) is 1. The van der Waals surface area contributed by atoms with Crippen molar-refractivity contribution < 1.29 is 22.7 Å². The number of carbonyl (C=O) groups is 1. The Morgan fingerprint density at radius 3 is 2.79 bits per heavy atom. The quantitative estimate of drug-likeness (QED) is 0.582. The first kappa shape index (κ1) is 11.3. The second-order valence-corrected chi connectivity index (χ2v) is 3.74. The third kappa shape index (κ3) is 2.60. The van der Waals surface area contributed by atoms with Gasteiger partial charge in [-0.15, -0.1) is 0 Å². The molecule has 0 aromatic rings. The van der Waals surface area contributed by atoms with Crippen molar-refractivity contribution >= 4 is 22.2 Å². The van der Waals surface area contributed by atoms with Gasteiger partial charge < -0.3 is 4.74 Å². The predicted octanol–water partition coefficient (Wildman–Crippen LogP) is 2.70. The molecule has 0 saturated carbocycles. The van der Waals surface area contributed by atoms with E-state index in [1.807, 2.05) is 0 Å². The topological polar surface area (TPSA) is 26.3 Å². The van der Waals surface area contributed by atoms with Crippen molar-refractivity contribution in [2.75, 3.05) is 0 Å². The summed E-state index contributed by atoms with van der Waals surface area (Å²) in [6.45, 7) is -3.05. The van der Waals surface area contributed by atoms with Crippen LogP contribution in [-0.4, -0.2) is 17.7 Å². The molecule has 0 N–H and O–H groups in total. The van der Waals surface area contributed by atoms with Crippen LogP contribution in [0.25, 0.3) is 0 Å². The molecule has 1 atom stereocenters. The first-order valence-corrected chi connectivity index (χ1v) is 4.61. The van der Waals surface area contributed by atoms with E-state index in [9.17, 15) is 18.0 Å². The Bertz CT molecular complexity index is 299. The van der Waals surface area contributed by atoms with Gasteiger partial charge in [0.2, 0.25) is 0 Å². The normalized spacial score (nSPS) is 22.4. The molecule has 2 nitrogen and oxygen atoms in total. The van der Waals surface area contributed by atoms with Crippen LogP contribution in [0.15, 0.2) is 23.2 Å². The van der Waals surface area contributed by atoms with E-state index in [-0.39, 0.29) is 18.5 Å². The Morgan fingerprint density at radius 2 is 2.29 bits per heavy atom. The molecule has 78 valence electrons. The molecule has 1 aliphatic carbocycles. The number of alkyl halides is 3. The predicted molar refractivity (Wildman–Crippen MR) is 46.7 cm³/mol. The molecular formula is C8H6BrF3O2. The lowest BCUT2D eigenvalue weighted by Gasteiger charge is -2.17. The van der Waals surface area contributed by atoms with Gasteiger partial charge in [-0.3, -0.25) is 4.79 Å². The van der Waals surface area contributed by atoms with E-state index in [1.54, 1.807) is 0 Å². The minimum atomic E-state index is -3.05. The van der Waals surface area contributed by atoms with E-state index in [1.165, 1.54) is 0 Å². The van der Waals surface area contributed by atoms with E-state index in [0.717, 1.165) is 6.08 Å². The molecule has 0 saturated heterocycles. The molecule has 0 aromatic carbocycles. The van der Waals surface area contributed by atoms with Gasteiger partial charge in [0.1, 0.15) is 11.6 Å². The molecular weight excluding hydrogens is 265 g/mol. The zero-order chi connectivity index (χ0) is 10.7. The van der Waals surface area contributed by atoms with Gasteiger partial charge in [-0.2, -0.15) is 8.78 Å². The van der Waals surface area contributed by atoms with Gasteiger partial charge in [0.15, 0.2) is 6.29 Å². The number of allylic oxidation sites excluding steroid dienone is 4. The van der Waals surface area contributed by atoms with Crippen molar-refractivity contribution in [3.8, 4) is 0 Å². The molecule has 6 heteroatoms. The lowest BCUT2D eigenvalue weighted by molar-refractivity contribution is -0.108. The highest BCUT2D eigenvalue weighted by molar-refractivity contribution is 9.09. The lowest BCUT2D eigenvalue weighted by Crippen LogP contribution is -2.12. The maximum Gasteiger partial charge on any atom is 0.387 e. The minimum Gasteiger partial charge on any atom is -0.438 e. The Labute approximate surface area is 86.5 Å². The van der Waals surface area contributed by atoms with Gasteiger partial charge in [0.05, 0.1) is 5.57 Å². The summed E-state index contributed by atoms with van der Waals surface area (Å²) in [5, 5.41) is 0. The minimum absolute atomic E-state index is 0.0336.